The molecule has 1 aliphatic heterocycles. The van der Waals surface area contributed by atoms with Crippen LogP contribution in [0.4, 0.5) is 0 Å². The third-order valence-electron chi connectivity index (χ3n) is 6.32. The highest BCUT2D eigenvalue weighted by Gasteiger charge is 2.31. The Kier molecular flexibility index (Phi) is 7.54. The van der Waals surface area contributed by atoms with Crippen LogP contribution in [0, 0.1) is 18.8 Å². The summed E-state index contributed by atoms with van der Waals surface area (Å²) in [5.41, 5.74) is 4.22. The van der Waals surface area contributed by atoms with Gasteiger partial charge in [-0.1, -0.05) is 45.0 Å². The lowest BCUT2D eigenvalue weighted by Crippen LogP contribution is -2.40. The molecule has 172 valence electrons. The first-order valence-electron chi connectivity index (χ1n) is 11.5. The van der Waals surface area contributed by atoms with Crippen LogP contribution < -0.4 is 0 Å². The zero-order valence-corrected chi connectivity index (χ0v) is 19.8. The van der Waals surface area contributed by atoms with E-state index in [4.69, 9.17) is 4.74 Å². The smallest absolute Gasteiger partial charge is 0.339 e. The standard InChI is InChI=1S/C26H34N2O4/c1-6-21-22(26(31)32-5)17(4)23(27-21)25(30)28-13-11-20(12-14-28)24(29)19-9-7-18(8-10-19)15-16(2)3/h7-10,16,20,27H,6,11-15H2,1-5H3. The van der Waals surface area contributed by atoms with E-state index < -0.39 is 5.97 Å². The predicted molar refractivity (Wildman–Crippen MR) is 124 cm³/mol. The Bertz CT molecular complexity index is 980. The molecule has 0 atom stereocenters. The second-order valence-corrected chi connectivity index (χ2v) is 9.05. The number of likely N-dealkylation sites (tertiary alicyclic amines) is 1. The van der Waals surface area contributed by atoms with Gasteiger partial charge in [0.2, 0.25) is 0 Å². The number of piperidine rings is 1. The van der Waals surface area contributed by atoms with Crippen LogP contribution in [0.15, 0.2) is 24.3 Å². The summed E-state index contributed by atoms with van der Waals surface area (Å²) in [6, 6.07) is 7.95. The third-order valence-corrected chi connectivity index (χ3v) is 6.32. The summed E-state index contributed by atoms with van der Waals surface area (Å²) < 4.78 is 4.89. The molecule has 1 saturated heterocycles. The lowest BCUT2D eigenvalue weighted by Gasteiger charge is -2.31. The first-order valence-corrected chi connectivity index (χ1v) is 11.5. The molecule has 0 spiro atoms. The summed E-state index contributed by atoms with van der Waals surface area (Å²) in [7, 11) is 1.34. The van der Waals surface area contributed by atoms with Crippen LogP contribution in [0.5, 0.6) is 0 Å². The monoisotopic (exact) mass is 438 g/mol. The van der Waals surface area contributed by atoms with Gasteiger partial charge in [0.25, 0.3) is 5.91 Å². The molecule has 0 aliphatic carbocycles. The number of carbonyl (C=O) groups is 3. The van der Waals surface area contributed by atoms with E-state index in [-0.39, 0.29) is 17.6 Å². The fourth-order valence-corrected chi connectivity index (χ4v) is 4.53. The Morgan fingerprint density at radius 3 is 2.28 bits per heavy atom. The van der Waals surface area contributed by atoms with E-state index in [9.17, 15) is 14.4 Å². The number of aromatic nitrogens is 1. The second kappa shape index (κ2) is 10.2. The Balaban J connectivity index is 1.65. The first-order chi connectivity index (χ1) is 15.3. The lowest BCUT2D eigenvalue weighted by molar-refractivity contribution is 0.0598. The molecule has 6 heteroatoms. The molecular weight excluding hydrogens is 404 g/mol. The SMILES string of the molecule is CCc1[nH]c(C(=O)N2CCC(C(=O)c3ccc(CC(C)C)cc3)CC2)c(C)c1C(=O)OC. The van der Waals surface area contributed by atoms with Gasteiger partial charge < -0.3 is 14.6 Å². The van der Waals surface area contributed by atoms with Crippen LogP contribution >= 0.6 is 0 Å². The molecule has 1 N–H and O–H groups in total. The van der Waals surface area contributed by atoms with Gasteiger partial charge in [0.15, 0.2) is 5.78 Å². The Morgan fingerprint density at radius 1 is 1.12 bits per heavy atom. The number of ketones is 1. The van der Waals surface area contributed by atoms with Gasteiger partial charge in [0.1, 0.15) is 5.69 Å². The number of hydrogen-bond acceptors (Lipinski definition) is 4. The van der Waals surface area contributed by atoms with Gasteiger partial charge in [-0.3, -0.25) is 9.59 Å². The fourth-order valence-electron chi connectivity index (χ4n) is 4.53. The normalized spacial score (nSPS) is 14.6. The highest BCUT2D eigenvalue weighted by molar-refractivity contribution is 6.01. The molecule has 1 amide bonds. The number of aryl methyl sites for hydroxylation is 1. The Labute approximate surface area is 190 Å². The summed E-state index contributed by atoms with van der Waals surface area (Å²) in [6.45, 7) is 9.11. The van der Waals surface area contributed by atoms with E-state index >= 15 is 0 Å². The van der Waals surface area contributed by atoms with Crippen LogP contribution in [-0.4, -0.2) is 47.7 Å². The molecule has 1 fully saturated rings. The number of methoxy groups -OCH3 is 1. The van der Waals surface area contributed by atoms with Gasteiger partial charge in [-0.05, 0) is 49.7 Å². The number of Topliss-reactive ketones (excluding diaryl/α,β-unsaturated/α-hetero) is 1. The number of hydrogen-bond donors (Lipinski definition) is 1. The first kappa shape index (κ1) is 23.8. The van der Waals surface area contributed by atoms with Gasteiger partial charge in [-0.2, -0.15) is 0 Å². The number of nitrogens with one attached hydrogen (secondary N) is 1. The summed E-state index contributed by atoms with van der Waals surface area (Å²) in [6.07, 6.45) is 2.89. The van der Waals surface area contributed by atoms with Crippen LogP contribution in [0.1, 0.15) is 81.6 Å². The molecule has 1 aliphatic rings. The number of carbonyl (C=O) groups excluding carboxylic acids is 3. The van der Waals surface area contributed by atoms with E-state index in [0.29, 0.717) is 60.8 Å². The van der Waals surface area contributed by atoms with Crippen molar-refractivity contribution in [2.24, 2.45) is 11.8 Å². The Hall–Kier alpha value is -2.89. The summed E-state index contributed by atoms with van der Waals surface area (Å²) in [4.78, 5) is 43.2. The van der Waals surface area contributed by atoms with Crippen LogP contribution in [-0.2, 0) is 17.6 Å². The maximum Gasteiger partial charge on any atom is 0.339 e. The number of aromatic amines is 1. The molecular formula is C26H34N2O4. The van der Waals surface area contributed by atoms with Crippen molar-refractivity contribution in [3.63, 3.8) is 0 Å². The summed E-state index contributed by atoms with van der Waals surface area (Å²) >= 11 is 0. The minimum atomic E-state index is -0.432. The molecule has 6 nitrogen and oxygen atoms in total. The Morgan fingerprint density at radius 2 is 1.75 bits per heavy atom. The van der Waals surface area contributed by atoms with Gasteiger partial charge >= 0.3 is 5.97 Å². The number of ether oxygens (including phenoxy) is 1. The predicted octanol–water partition coefficient (Wildman–Crippen LogP) is 4.61. The molecule has 3 rings (SSSR count). The maximum absolute atomic E-state index is 13.1. The number of benzene rings is 1. The quantitative estimate of drug-likeness (QED) is 0.506. The van der Waals surface area contributed by atoms with Crippen molar-refractivity contribution in [3.8, 4) is 0 Å². The molecule has 0 radical (unpaired) electrons. The zero-order chi connectivity index (χ0) is 23.4. The van der Waals surface area contributed by atoms with Crippen molar-refractivity contribution in [1.82, 2.24) is 9.88 Å². The lowest BCUT2D eigenvalue weighted by atomic mass is 9.88. The highest BCUT2D eigenvalue weighted by Crippen LogP contribution is 2.26. The van der Waals surface area contributed by atoms with Gasteiger partial charge in [-0.15, -0.1) is 0 Å². The van der Waals surface area contributed by atoms with Crippen molar-refractivity contribution in [2.75, 3.05) is 20.2 Å². The second-order valence-electron chi connectivity index (χ2n) is 9.05. The van der Waals surface area contributed by atoms with E-state index in [1.807, 2.05) is 31.2 Å². The molecule has 2 heterocycles. The van der Waals surface area contributed by atoms with Crippen LogP contribution in [0.25, 0.3) is 0 Å². The number of esters is 1. The van der Waals surface area contributed by atoms with Crippen LogP contribution in [0.3, 0.4) is 0 Å². The minimum absolute atomic E-state index is 0.0726. The number of rotatable bonds is 7. The fraction of sp³-hybridized carbons (Fsp3) is 0.500. The topological polar surface area (TPSA) is 79.5 Å². The molecule has 1 aromatic heterocycles. The number of nitrogens with zero attached hydrogens (tertiary/aromatic N) is 1. The van der Waals surface area contributed by atoms with Crippen molar-refractivity contribution in [1.29, 1.82) is 0 Å². The third kappa shape index (κ3) is 4.95. The van der Waals surface area contributed by atoms with Crippen LogP contribution in [0.2, 0.25) is 0 Å². The van der Waals surface area contributed by atoms with Gasteiger partial charge in [0, 0.05) is 30.3 Å². The van der Waals surface area contributed by atoms with E-state index in [1.54, 1.807) is 11.8 Å². The highest BCUT2D eigenvalue weighted by atomic mass is 16.5. The van der Waals surface area contributed by atoms with E-state index in [0.717, 1.165) is 12.0 Å². The van der Waals surface area contributed by atoms with Crippen molar-refractivity contribution in [3.05, 3.63) is 57.9 Å². The molecule has 2 aromatic rings. The molecule has 0 saturated carbocycles. The zero-order valence-electron chi connectivity index (χ0n) is 19.8. The summed E-state index contributed by atoms with van der Waals surface area (Å²) in [5, 5.41) is 0. The average molecular weight is 439 g/mol. The minimum Gasteiger partial charge on any atom is -0.465 e. The van der Waals surface area contributed by atoms with E-state index in [1.165, 1.54) is 12.7 Å². The van der Waals surface area contributed by atoms with Crippen molar-refractivity contribution < 1.29 is 19.1 Å². The number of amides is 1. The van der Waals surface area contributed by atoms with Gasteiger partial charge in [-0.25, -0.2) is 4.79 Å². The molecule has 0 unspecified atom stereocenters. The van der Waals surface area contributed by atoms with E-state index in [2.05, 4.69) is 18.8 Å². The molecule has 0 bridgehead atoms. The average Bonchev–Trinajstić information content (AvgIpc) is 3.14. The number of H-pyrrole nitrogens is 1. The molecule has 32 heavy (non-hydrogen) atoms. The van der Waals surface area contributed by atoms with Crippen molar-refractivity contribution >= 4 is 17.7 Å². The van der Waals surface area contributed by atoms with Gasteiger partial charge in [0.05, 0.1) is 12.7 Å². The maximum atomic E-state index is 13.1. The summed E-state index contributed by atoms with van der Waals surface area (Å²) in [5.74, 6) is 0.107. The largest absolute Gasteiger partial charge is 0.465 e. The molecule has 1 aromatic carbocycles. The van der Waals surface area contributed by atoms with Crippen molar-refractivity contribution in [2.45, 2.75) is 53.4 Å².